The average Bonchev–Trinajstić information content (AvgIpc) is 2.13. The van der Waals surface area contributed by atoms with E-state index in [1.165, 1.54) is 44.9 Å². The van der Waals surface area contributed by atoms with Gasteiger partial charge in [-0.1, -0.05) is 71.5 Å². The predicted molar refractivity (Wildman–Crippen MR) is 76.7 cm³/mol. The fourth-order valence-corrected chi connectivity index (χ4v) is 3.34. The molecule has 0 atom stereocenters. The lowest BCUT2D eigenvalue weighted by Gasteiger charge is -2.37. The van der Waals surface area contributed by atoms with Gasteiger partial charge in [0.05, 0.1) is 0 Å². The zero-order valence-corrected chi connectivity index (χ0v) is 12.2. The first-order valence-corrected chi connectivity index (χ1v) is 7.44. The van der Waals surface area contributed by atoms with Crippen molar-refractivity contribution >= 4 is 7.85 Å². The van der Waals surface area contributed by atoms with E-state index in [1.54, 1.807) is 0 Å². The first kappa shape index (κ1) is 14.1. The fraction of sp³-hybridized carbons (Fsp3) is 1.00. The highest BCUT2D eigenvalue weighted by molar-refractivity contribution is 6.15. The minimum Gasteiger partial charge on any atom is -0.0629 e. The van der Waals surface area contributed by atoms with E-state index in [2.05, 4.69) is 35.5 Å². The van der Waals surface area contributed by atoms with Crippen LogP contribution in [-0.2, 0) is 0 Å². The summed E-state index contributed by atoms with van der Waals surface area (Å²) in [4.78, 5) is 0. The van der Waals surface area contributed by atoms with Crippen LogP contribution in [0.25, 0.3) is 0 Å². The molecule has 0 aromatic heterocycles. The Morgan fingerprint density at radius 2 is 1.56 bits per heavy atom. The van der Waals surface area contributed by atoms with Gasteiger partial charge in [0.2, 0.25) is 0 Å². The second-order valence-corrected chi connectivity index (χ2v) is 7.09. The Kier molecular flexibility index (Phi) is 5.40. The number of hydrogen-bond acceptors (Lipinski definition) is 0. The van der Waals surface area contributed by atoms with Gasteiger partial charge in [-0.2, -0.15) is 0 Å². The van der Waals surface area contributed by atoms with Crippen LogP contribution in [0.3, 0.4) is 0 Å². The van der Waals surface area contributed by atoms with Crippen molar-refractivity contribution in [3.63, 3.8) is 0 Å². The van der Waals surface area contributed by atoms with Gasteiger partial charge in [-0.05, 0) is 24.2 Å². The van der Waals surface area contributed by atoms with Crippen molar-refractivity contribution in [2.24, 2.45) is 17.8 Å². The van der Waals surface area contributed by atoms with Crippen LogP contribution in [0, 0.1) is 17.8 Å². The number of rotatable bonds is 3. The molecule has 94 valence electrons. The Morgan fingerprint density at radius 1 is 1.06 bits per heavy atom. The molecule has 1 aliphatic rings. The van der Waals surface area contributed by atoms with Gasteiger partial charge in [0.1, 0.15) is 7.85 Å². The van der Waals surface area contributed by atoms with Gasteiger partial charge in [0.15, 0.2) is 0 Å². The SMILES string of the molecule is BC1(C(C)C)CCCC(CC(C)C)CCC1. The molecule has 0 aliphatic heterocycles. The maximum Gasteiger partial charge on any atom is 0.109 e. The molecule has 1 rings (SSSR count). The molecule has 0 N–H and O–H groups in total. The third-order valence-corrected chi connectivity index (χ3v) is 4.92. The van der Waals surface area contributed by atoms with Crippen LogP contribution in [0.5, 0.6) is 0 Å². The Bertz CT molecular complexity index is 186. The molecule has 0 aromatic carbocycles. The highest BCUT2D eigenvalue weighted by Gasteiger charge is 2.29. The summed E-state index contributed by atoms with van der Waals surface area (Å²) in [5, 5.41) is 0.628. The van der Waals surface area contributed by atoms with Crippen molar-refractivity contribution in [1.82, 2.24) is 0 Å². The second kappa shape index (κ2) is 6.12. The van der Waals surface area contributed by atoms with Crippen LogP contribution in [-0.4, -0.2) is 7.85 Å². The van der Waals surface area contributed by atoms with Crippen LogP contribution < -0.4 is 0 Å². The highest BCUT2D eigenvalue weighted by atomic mass is 14.3. The van der Waals surface area contributed by atoms with Gasteiger partial charge in [0.25, 0.3) is 0 Å². The van der Waals surface area contributed by atoms with Gasteiger partial charge in [-0.15, -0.1) is 0 Å². The molecule has 0 unspecified atom stereocenters. The first-order chi connectivity index (χ1) is 7.44. The van der Waals surface area contributed by atoms with E-state index in [4.69, 9.17) is 0 Å². The topological polar surface area (TPSA) is 0 Å². The largest absolute Gasteiger partial charge is 0.109 e. The minimum atomic E-state index is 0.628. The van der Waals surface area contributed by atoms with Crippen LogP contribution >= 0.6 is 0 Å². The molecule has 0 saturated heterocycles. The third kappa shape index (κ3) is 4.15. The lowest BCUT2D eigenvalue weighted by Crippen LogP contribution is -2.23. The Labute approximate surface area is 104 Å². The summed E-state index contributed by atoms with van der Waals surface area (Å²) < 4.78 is 0. The minimum absolute atomic E-state index is 0.628. The van der Waals surface area contributed by atoms with Crippen LogP contribution in [0.15, 0.2) is 0 Å². The second-order valence-electron chi connectivity index (χ2n) is 7.09. The molecule has 0 spiro atoms. The molecule has 0 amide bonds. The molecule has 16 heavy (non-hydrogen) atoms. The summed E-state index contributed by atoms with van der Waals surface area (Å²) in [5.41, 5.74) is 0. The van der Waals surface area contributed by atoms with Crippen molar-refractivity contribution in [2.75, 3.05) is 0 Å². The van der Waals surface area contributed by atoms with Crippen molar-refractivity contribution < 1.29 is 0 Å². The predicted octanol–water partition coefficient (Wildman–Crippen LogP) is 4.45. The highest BCUT2D eigenvalue weighted by Crippen LogP contribution is 2.45. The fourth-order valence-electron chi connectivity index (χ4n) is 3.34. The Hall–Kier alpha value is 0.0649. The monoisotopic (exact) mass is 222 g/mol. The molecule has 0 aromatic rings. The maximum absolute atomic E-state index is 2.51. The molecule has 1 saturated carbocycles. The van der Waals surface area contributed by atoms with Crippen molar-refractivity contribution in [1.29, 1.82) is 0 Å². The molecule has 1 aliphatic carbocycles. The van der Waals surface area contributed by atoms with E-state index in [0.29, 0.717) is 5.31 Å². The Morgan fingerprint density at radius 3 is 1.94 bits per heavy atom. The van der Waals surface area contributed by atoms with Crippen LogP contribution in [0.2, 0.25) is 5.31 Å². The summed E-state index contributed by atoms with van der Waals surface area (Å²) in [7, 11) is 2.51. The van der Waals surface area contributed by atoms with E-state index < -0.39 is 0 Å². The van der Waals surface area contributed by atoms with E-state index in [1.807, 2.05) is 0 Å². The zero-order valence-electron chi connectivity index (χ0n) is 12.2. The summed E-state index contributed by atoms with van der Waals surface area (Å²) in [6, 6.07) is 0. The molecule has 0 heterocycles. The van der Waals surface area contributed by atoms with Gasteiger partial charge >= 0.3 is 0 Å². The standard InChI is InChI=1S/C15H31B/c1-12(2)11-14-7-5-9-15(16,13(3)4)10-6-8-14/h12-14H,5-11,16H2,1-4H3. The van der Waals surface area contributed by atoms with E-state index in [9.17, 15) is 0 Å². The van der Waals surface area contributed by atoms with Gasteiger partial charge < -0.3 is 0 Å². The Balaban J connectivity index is 2.43. The normalized spacial score (nSPS) is 32.8. The van der Waals surface area contributed by atoms with Crippen LogP contribution in [0.4, 0.5) is 0 Å². The smallest absolute Gasteiger partial charge is 0.0629 e. The number of hydrogen-bond donors (Lipinski definition) is 0. The van der Waals surface area contributed by atoms with Crippen molar-refractivity contribution in [3.05, 3.63) is 0 Å². The van der Waals surface area contributed by atoms with Gasteiger partial charge in [-0.3, -0.25) is 0 Å². The van der Waals surface area contributed by atoms with E-state index in [-0.39, 0.29) is 0 Å². The molecular weight excluding hydrogens is 191 g/mol. The molecule has 0 nitrogen and oxygen atoms in total. The van der Waals surface area contributed by atoms with Crippen molar-refractivity contribution in [2.45, 2.75) is 78.0 Å². The summed E-state index contributed by atoms with van der Waals surface area (Å²) in [6.45, 7) is 9.56. The molecular formula is C15H31B. The molecule has 1 heteroatoms. The third-order valence-electron chi connectivity index (χ3n) is 4.92. The zero-order chi connectivity index (χ0) is 12.2. The van der Waals surface area contributed by atoms with Gasteiger partial charge in [0, 0.05) is 0 Å². The quantitative estimate of drug-likeness (QED) is 0.619. The maximum atomic E-state index is 2.51. The molecule has 0 bridgehead atoms. The average molecular weight is 222 g/mol. The summed E-state index contributed by atoms with van der Waals surface area (Å²) >= 11 is 0. The van der Waals surface area contributed by atoms with Crippen LogP contribution in [0.1, 0.15) is 72.6 Å². The lowest BCUT2D eigenvalue weighted by atomic mass is 9.55. The molecule has 1 fully saturated rings. The van der Waals surface area contributed by atoms with E-state index >= 15 is 0 Å². The summed E-state index contributed by atoms with van der Waals surface area (Å²) in [5.74, 6) is 2.77. The molecule has 0 radical (unpaired) electrons. The van der Waals surface area contributed by atoms with Gasteiger partial charge in [-0.25, -0.2) is 0 Å². The summed E-state index contributed by atoms with van der Waals surface area (Å²) in [6.07, 6.45) is 10.3. The lowest BCUT2D eigenvalue weighted by molar-refractivity contribution is 0.261. The van der Waals surface area contributed by atoms with E-state index in [0.717, 1.165) is 17.8 Å². The first-order valence-electron chi connectivity index (χ1n) is 7.44. The van der Waals surface area contributed by atoms with Crippen molar-refractivity contribution in [3.8, 4) is 0 Å².